The molecule has 0 saturated carbocycles. The molecule has 1 N–H and O–H groups in total. The van der Waals surface area contributed by atoms with E-state index in [4.69, 9.17) is 4.74 Å². The molecule has 1 amide bonds. The summed E-state index contributed by atoms with van der Waals surface area (Å²) in [6.45, 7) is 1.62. The maximum Gasteiger partial charge on any atom is 0.275 e. The lowest BCUT2D eigenvalue weighted by Crippen LogP contribution is -2.44. The highest BCUT2D eigenvalue weighted by Gasteiger charge is 2.31. The first-order valence-electron chi connectivity index (χ1n) is 7.83. The van der Waals surface area contributed by atoms with E-state index in [-0.39, 0.29) is 11.9 Å². The fourth-order valence-corrected chi connectivity index (χ4v) is 3.74. The normalized spacial score (nSPS) is 18.0. The van der Waals surface area contributed by atoms with Gasteiger partial charge in [0.25, 0.3) is 5.91 Å². The number of nitrogens with zero attached hydrogens (tertiary/aromatic N) is 3. The van der Waals surface area contributed by atoms with Gasteiger partial charge in [-0.1, -0.05) is 6.07 Å². The zero-order valence-corrected chi connectivity index (χ0v) is 14.1. The number of nitrogens with one attached hydrogen (secondary N) is 1. The van der Waals surface area contributed by atoms with Gasteiger partial charge >= 0.3 is 0 Å². The number of rotatable bonds is 3. The lowest BCUT2D eigenvalue weighted by atomic mass is 10.1. The SMILES string of the molecule is Cn1cccc1C1COCCN1C(=O)c1cc(-c2cccs2)[nH]n1. The second-order valence-electron chi connectivity index (χ2n) is 5.78. The summed E-state index contributed by atoms with van der Waals surface area (Å²) in [4.78, 5) is 15.9. The summed E-state index contributed by atoms with van der Waals surface area (Å²) in [5, 5.41) is 9.20. The van der Waals surface area contributed by atoms with Crippen LogP contribution in [0.2, 0.25) is 0 Å². The number of hydrogen-bond donors (Lipinski definition) is 1. The minimum atomic E-state index is -0.0897. The standard InChI is InChI=1S/C17H18N4O2S/c1-20-6-2-4-14(20)15-11-23-8-7-21(15)17(22)13-10-12(18-19-13)16-5-3-9-24-16/h2-6,9-10,15H,7-8,11H2,1H3,(H,18,19). The van der Waals surface area contributed by atoms with E-state index < -0.39 is 0 Å². The molecule has 0 aromatic carbocycles. The molecular formula is C17H18N4O2S. The molecule has 0 spiro atoms. The molecule has 0 bridgehead atoms. The summed E-state index contributed by atoms with van der Waals surface area (Å²) in [7, 11) is 1.98. The highest BCUT2D eigenvalue weighted by Crippen LogP contribution is 2.27. The van der Waals surface area contributed by atoms with Crippen molar-refractivity contribution in [3.63, 3.8) is 0 Å². The maximum atomic E-state index is 13.0. The number of hydrogen-bond acceptors (Lipinski definition) is 4. The molecule has 1 unspecified atom stereocenters. The van der Waals surface area contributed by atoms with E-state index in [1.54, 1.807) is 11.3 Å². The van der Waals surface area contributed by atoms with E-state index in [1.165, 1.54) is 0 Å². The molecule has 24 heavy (non-hydrogen) atoms. The number of aryl methyl sites for hydroxylation is 1. The molecule has 124 valence electrons. The smallest absolute Gasteiger partial charge is 0.275 e. The molecule has 1 fully saturated rings. The second kappa shape index (κ2) is 6.26. The number of thiophene rings is 1. The molecule has 3 aromatic rings. The lowest BCUT2D eigenvalue weighted by molar-refractivity contribution is -0.00494. The van der Waals surface area contributed by atoms with Crippen LogP contribution in [0.25, 0.3) is 10.6 Å². The predicted molar refractivity (Wildman–Crippen MR) is 91.9 cm³/mol. The van der Waals surface area contributed by atoms with Crippen LogP contribution in [0, 0.1) is 0 Å². The molecule has 6 nitrogen and oxygen atoms in total. The summed E-state index contributed by atoms with van der Waals surface area (Å²) in [5.74, 6) is -0.0662. The van der Waals surface area contributed by atoms with Gasteiger partial charge in [0.05, 0.1) is 29.8 Å². The van der Waals surface area contributed by atoms with Gasteiger partial charge in [0.15, 0.2) is 5.69 Å². The van der Waals surface area contributed by atoms with Gasteiger partial charge < -0.3 is 14.2 Å². The number of aromatic nitrogens is 3. The Hall–Kier alpha value is -2.38. The summed E-state index contributed by atoms with van der Waals surface area (Å²) in [6.07, 6.45) is 1.98. The van der Waals surface area contributed by atoms with Gasteiger partial charge in [-0.2, -0.15) is 5.10 Å². The third-order valence-corrected chi connectivity index (χ3v) is 5.20. The van der Waals surface area contributed by atoms with E-state index in [9.17, 15) is 4.79 Å². The van der Waals surface area contributed by atoms with E-state index in [0.717, 1.165) is 16.3 Å². The average Bonchev–Trinajstić information content (AvgIpc) is 3.35. The maximum absolute atomic E-state index is 13.0. The molecule has 1 atom stereocenters. The summed E-state index contributed by atoms with van der Waals surface area (Å²) in [5.41, 5.74) is 2.38. The molecule has 0 radical (unpaired) electrons. The Kier molecular flexibility index (Phi) is 3.95. The van der Waals surface area contributed by atoms with Gasteiger partial charge in [-0.3, -0.25) is 9.89 Å². The minimum absolute atomic E-state index is 0.0662. The van der Waals surface area contributed by atoms with Crippen LogP contribution >= 0.6 is 11.3 Å². The van der Waals surface area contributed by atoms with Crippen LogP contribution in [0.3, 0.4) is 0 Å². The first kappa shape index (κ1) is 15.2. The van der Waals surface area contributed by atoms with Gasteiger partial charge in [-0.25, -0.2) is 0 Å². The first-order chi connectivity index (χ1) is 11.7. The Labute approximate surface area is 143 Å². The van der Waals surface area contributed by atoms with Crippen molar-refractivity contribution in [2.45, 2.75) is 6.04 Å². The van der Waals surface area contributed by atoms with Crippen LogP contribution in [0.1, 0.15) is 22.2 Å². The van der Waals surface area contributed by atoms with Crippen molar-refractivity contribution in [1.29, 1.82) is 0 Å². The molecule has 0 aliphatic carbocycles. The summed E-state index contributed by atoms with van der Waals surface area (Å²) < 4.78 is 7.64. The molecular weight excluding hydrogens is 324 g/mol. The minimum Gasteiger partial charge on any atom is -0.377 e. The van der Waals surface area contributed by atoms with E-state index in [1.807, 2.05) is 58.4 Å². The lowest BCUT2D eigenvalue weighted by Gasteiger charge is -2.35. The highest BCUT2D eigenvalue weighted by molar-refractivity contribution is 7.13. The van der Waals surface area contributed by atoms with E-state index in [2.05, 4.69) is 10.2 Å². The third-order valence-electron chi connectivity index (χ3n) is 4.30. The Bertz CT molecular complexity index is 837. The number of amides is 1. The molecule has 1 aliphatic rings. The summed E-state index contributed by atoms with van der Waals surface area (Å²) in [6, 6.07) is 9.74. The fourth-order valence-electron chi connectivity index (χ4n) is 3.05. The Morgan fingerprint density at radius 2 is 2.33 bits per heavy atom. The first-order valence-corrected chi connectivity index (χ1v) is 8.71. The van der Waals surface area contributed by atoms with Crippen LogP contribution in [0.15, 0.2) is 41.9 Å². The predicted octanol–water partition coefficient (Wildman–Crippen LogP) is 2.69. The van der Waals surface area contributed by atoms with Gasteiger partial charge in [-0.15, -0.1) is 11.3 Å². The topological polar surface area (TPSA) is 63.1 Å². The highest BCUT2D eigenvalue weighted by atomic mass is 32.1. The molecule has 4 heterocycles. The molecule has 4 rings (SSSR count). The number of carbonyl (C=O) groups excluding carboxylic acids is 1. The van der Waals surface area contributed by atoms with Crippen molar-refractivity contribution in [1.82, 2.24) is 19.7 Å². The number of aromatic amines is 1. The Morgan fingerprint density at radius 1 is 1.42 bits per heavy atom. The van der Waals surface area contributed by atoms with Gasteiger partial charge in [0, 0.05) is 25.5 Å². The number of morpholine rings is 1. The van der Waals surface area contributed by atoms with E-state index >= 15 is 0 Å². The van der Waals surface area contributed by atoms with E-state index in [0.29, 0.717) is 25.5 Å². The fraction of sp³-hybridized carbons (Fsp3) is 0.294. The molecule has 1 saturated heterocycles. The number of carbonyl (C=O) groups is 1. The van der Waals surface area contributed by atoms with Crippen LogP contribution in [0.4, 0.5) is 0 Å². The largest absolute Gasteiger partial charge is 0.377 e. The molecule has 7 heteroatoms. The quantitative estimate of drug-likeness (QED) is 0.796. The van der Waals surface area contributed by atoms with Crippen molar-refractivity contribution in [3.8, 4) is 10.6 Å². The zero-order valence-electron chi connectivity index (χ0n) is 13.3. The van der Waals surface area contributed by atoms with Crippen LogP contribution in [-0.4, -0.2) is 45.3 Å². The monoisotopic (exact) mass is 342 g/mol. The van der Waals surface area contributed by atoms with Gasteiger partial charge in [0.1, 0.15) is 0 Å². The van der Waals surface area contributed by atoms with Crippen molar-refractivity contribution in [3.05, 3.63) is 53.3 Å². The second-order valence-corrected chi connectivity index (χ2v) is 6.73. The van der Waals surface area contributed by atoms with Crippen molar-refractivity contribution < 1.29 is 9.53 Å². The van der Waals surface area contributed by atoms with Crippen LogP contribution in [0.5, 0.6) is 0 Å². The van der Waals surface area contributed by atoms with Crippen molar-refractivity contribution in [2.24, 2.45) is 7.05 Å². The number of H-pyrrole nitrogens is 1. The zero-order chi connectivity index (χ0) is 16.5. The Morgan fingerprint density at radius 3 is 3.08 bits per heavy atom. The molecule has 1 aliphatic heterocycles. The third kappa shape index (κ3) is 2.65. The van der Waals surface area contributed by atoms with Crippen molar-refractivity contribution >= 4 is 17.2 Å². The van der Waals surface area contributed by atoms with Gasteiger partial charge in [-0.05, 0) is 29.6 Å². The van der Waals surface area contributed by atoms with Gasteiger partial charge in [0.2, 0.25) is 0 Å². The molecule has 3 aromatic heterocycles. The van der Waals surface area contributed by atoms with Crippen LogP contribution in [-0.2, 0) is 11.8 Å². The Balaban J connectivity index is 1.61. The van der Waals surface area contributed by atoms with Crippen LogP contribution < -0.4 is 0 Å². The van der Waals surface area contributed by atoms with Crippen molar-refractivity contribution in [2.75, 3.05) is 19.8 Å². The number of ether oxygens (including phenoxy) is 1. The average molecular weight is 342 g/mol. The summed E-state index contributed by atoms with van der Waals surface area (Å²) >= 11 is 1.62.